The van der Waals surface area contributed by atoms with Gasteiger partial charge in [-0.25, -0.2) is 4.79 Å². The smallest absolute Gasteiger partial charge is 0.495 e. The highest BCUT2D eigenvalue weighted by Crippen LogP contribution is 2.47. The van der Waals surface area contributed by atoms with Crippen LogP contribution in [0.25, 0.3) is 0 Å². The second-order valence-electron chi connectivity index (χ2n) is 9.78. The molecule has 2 atom stereocenters. The van der Waals surface area contributed by atoms with Crippen molar-refractivity contribution in [3.63, 3.8) is 0 Å². The predicted octanol–water partition coefficient (Wildman–Crippen LogP) is 5.93. The number of benzene rings is 2. The van der Waals surface area contributed by atoms with E-state index in [0.717, 1.165) is 37.6 Å². The van der Waals surface area contributed by atoms with Crippen LogP contribution in [0.15, 0.2) is 69.7 Å². The molecule has 0 aliphatic carbocycles. The third-order valence-electron chi connectivity index (χ3n) is 7.34. The molecule has 2 unspecified atom stereocenters. The van der Waals surface area contributed by atoms with Crippen molar-refractivity contribution in [3.8, 4) is 5.75 Å². The van der Waals surface area contributed by atoms with E-state index in [2.05, 4.69) is 31.1 Å². The Kier molecular flexibility index (Phi) is 9.12. The van der Waals surface area contributed by atoms with E-state index in [9.17, 15) is 4.79 Å². The lowest BCUT2D eigenvalue weighted by Crippen LogP contribution is -2.47. The van der Waals surface area contributed by atoms with Gasteiger partial charge in [0, 0.05) is 38.4 Å². The lowest BCUT2D eigenvalue weighted by molar-refractivity contribution is 0.0619. The fourth-order valence-corrected chi connectivity index (χ4v) is 5.77. The average molecular weight is 601 g/mol. The van der Waals surface area contributed by atoms with E-state index >= 15 is 0 Å². The molecule has 0 radical (unpaired) electrons. The number of carbonyl (C=O) groups excluding carboxylic acids is 1. The van der Waals surface area contributed by atoms with E-state index in [1.54, 1.807) is 26.2 Å². The molecular weight excluding hydrogens is 569 g/mol. The zero-order valence-corrected chi connectivity index (χ0v) is 24.6. The minimum atomic E-state index is -0.825. The summed E-state index contributed by atoms with van der Waals surface area (Å²) >= 11 is 13.0. The number of halogens is 2. The lowest BCUT2D eigenvalue weighted by Gasteiger charge is -2.36. The van der Waals surface area contributed by atoms with E-state index < -0.39 is 18.0 Å². The van der Waals surface area contributed by atoms with Crippen LogP contribution >= 0.6 is 23.2 Å². The Hall–Kier alpha value is -3.60. The predicted molar refractivity (Wildman–Crippen MR) is 156 cm³/mol. The third-order valence-corrected chi connectivity index (χ3v) is 8.18. The first-order valence-corrected chi connectivity index (χ1v) is 14.0. The van der Waals surface area contributed by atoms with Crippen molar-refractivity contribution in [1.82, 2.24) is 15.1 Å². The summed E-state index contributed by atoms with van der Waals surface area (Å²) in [6.45, 7) is 7.72. The molecule has 3 aromatic rings. The average Bonchev–Trinajstić information content (AvgIpc) is 3.51. The molecule has 41 heavy (non-hydrogen) atoms. The van der Waals surface area contributed by atoms with Crippen molar-refractivity contribution < 1.29 is 23.4 Å². The summed E-state index contributed by atoms with van der Waals surface area (Å²) in [6.07, 6.45) is 0.421. The van der Waals surface area contributed by atoms with Crippen molar-refractivity contribution in [3.05, 3.63) is 81.8 Å². The molecule has 0 spiro atoms. The van der Waals surface area contributed by atoms with Crippen molar-refractivity contribution in [2.75, 3.05) is 51.3 Å². The highest BCUT2D eigenvalue weighted by atomic mass is 35.5. The van der Waals surface area contributed by atoms with Gasteiger partial charge in [-0.2, -0.15) is 0 Å². The van der Waals surface area contributed by atoms with E-state index in [4.69, 9.17) is 41.8 Å². The fourth-order valence-electron chi connectivity index (χ4n) is 5.34. The van der Waals surface area contributed by atoms with Gasteiger partial charge in [-0.3, -0.25) is 9.89 Å². The molecule has 5 rings (SSSR count). The molecule has 10 nitrogen and oxygen atoms in total. The van der Waals surface area contributed by atoms with Crippen molar-refractivity contribution in [1.29, 1.82) is 0 Å². The second-order valence-corrected chi connectivity index (χ2v) is 10.6. The van der Waals surface area contributed by atoms with Gasteiger partial charge in [0.25, 0.3) is 0 Å². The zero-order valence-electron chi connectivity index (χ0n) is 23.0. The van der Waals surface area contributed by atoms with Crippen LogP contribution in [-0.2, 0) is 9.47 Å². The summed E-state index contributed by atoms with van der Waals surface area (Å²) in [6, 6.07) is 13.3. The number of hydrogen-bond donors (Lipinski definition) is 0. The molecule has 2 aliphatic heterocycles. The summed E-state index contributed by atoms with van der Waals surface area (Å²) < 4.78 is 22.4. The SMILES string of the molecule is COc1ccccc1N1CCN(CCOC(=O)OC2=C(C)N=C(C)C(c3nnco3)C2c2cccc(Cl)c2Cl)CC1. The van der Waals surface area contributed by atoms with Gasteiger partial charge in [0.05, 0.1) is 40.4 Å². The van der Waals surface area contributed by atoms with Crippen LogP contribution in [0.2, 0.25) is 10.0 Å². The van der Waals surface area contributed by atoms with Crippen molar-refractivity contribution in [2.45, 2.75) is 25.7 Å². The minimum Gasteiger partial charge on any atom is -0.495 e. The Morgan fingerprint density at radius 3 is 2.56 bits per heavy atom. The summed E-state index contributed by atoms with van der Waals surface area (Å²) in [5.41, 5.74) is 2.95. The van der Waals surface area contributed by atoms with Gasteiger partial charge in [-0.15, -0.1) is 10.2 Å². The van der Waals surface area contributed by atoms with Crippen LogP contribution in [0, 0.1) is 0 Å². The number of anilines is 1. The number of hydrogen-bond acceptors (Lipinski definition) is 10. The number of nitrogens with zero attached hydrogens (tertiary/aromatic N) is 5. The van der Waals surface area contributed by atoms with Gasteiger partial charge in [0.2, 0.25) is 12.3 Å². The van der Waals surface area contributed by atoms with Crippen molar-refractivity contribution >= 4 is 40.8 Å². The Labute approximate surface area is 248 Å². The van der Waals surface area contributed by atoms with Gasteiger partial charge in [-0.1, -0.05) is 47.5 Å². The maximum Gasteiger partial charge on any atom is 0.513 e. The molecule has 216 valence electrons. The number of rotatable bonds is 8. The van der Waals surface area contributed by atoms with Crippen molar-refractivity contribution in [2.24, 2.45) is 4.99 Å². The molecule has 2 aliphatic rings. The van der Waals surface area contributed by atoms with Gasteiger partial charge >= 0.3 is 6.16 Å². The summed E-state index contributed by atoms with van der Waals surface area (Å²) in [4.78, 5) is 22.1. The molecule has 1 saturated heterocycles. The number of carbonyl (C=O) groups is 1. The van der Waals surface area contributed by atoms with E-state index in [1.807, 2.05) is 31.2 Å². The molecule has 2 aromatic carbocycles. The molecule has 12 heteroatoms. The van der Waals surface area contributed by atoms with Crippen LogP contribution in [0.5, 0.6) is 5.75 Å². The first-order chi connectivity index (χ1) is 19.9. The summed E-state index contributed by atoms with van der Waals surface area (Å²) in [7, 11) is 1.68. The Morgan fingerprint density at radius 1 is 1.05 bits per heavy atom. The molecular formula is C29H31Cl2N5O5. The second kappa shape index (κ2) is 12.9. The van der Waals surface area contributed by atoms with Gasteiger partial charge < -0.3 is 23.5 Å². The maximum atomic E-state index is 12.9. The largest absolute Gasteiger partial charge is 0.513 e. The van der Waals surface area contributed by atoms with Crippen LogP contribution in [0.3, 0.4) is 0 Å². The number of piperazine rings is 1. The molecule has 0 amide bonds. The molecule has 3 heterocycles. The first-order valence-electron chi connectivity index (χ1n) is 13.3. The number of aromatic nitrogens is 2. The lowest BCUT2D eigenvalue weighted by atomic mass is 9.79. The molecule has 1 aromatic heterocycles. The van der Waals surface area contributed by atoms with Crippen LogP contribution in [0.1, 0.15) is 37.1 Å². The number of ether oxygens (including phenoxy) is 3. The number of aliphatic imine (C=N–C) groups is 1. The van der Waals surface area contributed by atoms with Crippen LogP contribution in [0.4, 0.5) is 10.5 Å². The van der Waals surface area contributed by atoms with E-state index in [-0.39, 0.29) is 6.61 Å². The Bertz CT molecular complexity index is 1440. The normalized spacial score (nSPS) is 19.6. The highest BCUT2D eigenvalue weighted by Gasteiger charge is 2.41. The van der Waals surface area contributed by atoms with E-state index in [0.29, 0.717) is 45.2 Å². The Morgan fingerprint density at radius 2 is 1.83 bits per heavy atom. The monoisotopic (exact) mass is 599 g/mol. The topological polar surface area (TPSA) is 103 Å². The van der Waals surface area contributed by atoms with Gasteiger partial charge in [-0.05, 0) is 37.6 Å². The first kappa shape index (κ1) is 28.9. The molecule has 0 N–H and O–H groups in total. The number of allylic oxidation sites excluding steroid dienone is 2. The van der Waals surface area contributed by atoms with Crippen LogP contribution in [-0.4, -0.2) is 73.4 Å². The number of para-hydroxylation sites is 2. The zero-order chi connectivity index (χ0) is 28.9. The summed E-state index contributed by atoms with van der Waals surface area (Å²) in [5, 5.41) is 8.65. The Balaban J connectivity index is 1.23. The fraction of sp³-hybridized carbons (Fsp3) is 0.379. The third kappa shape index (κ3) is 6.34. The van der Waals surface area contributed by atoms with E-state index in [1.165, 1.54) is 6.39 Å². The molecule has 1 fully saturated rings. The maximum absolute atomic E-state index is 12.9. The van der Waals surface area contributed by atoms with Crippen LogP contribution < -0.4 is 9.64 Å². The standard InChI is InChI=1S/C29H31Cl2N5O5/c1-18-24(28-34-32-17-40-28)25(20-7-6-8-21(30)26(20)31)27(19(2)33-18)41-29(37)39-16-15-35-11-13-36(14-12-35)22-9-4-5-10-23(22)38-3/h4-10,17,24-25H,11-16H2,1-3H3. The molecule has 0 bridgehead atoms. The van der Waals surface area contributed by atoms with Gasteiger partial charge in [0.1, 0.15) is 18.1 Å². The minimum absolute atomic E-state index is 0.178. The molecule has 0 saturated carbocycles. The highest BCUT2D eigenvalue weighted by molar-refractivity contribution is 6.42. The number of methoxy groups -OCH3 is 1. The summed E-state index contributed by atoms with van der Waals surface area (Å²) in [5.74, 6) is 0.367. The van der Waals surface area contributed by atoms with Gasteiger partial charge in [0.15, 0.2) is 0 Å². The quantitative estimate of drug-likeness (QED) is 0.291.